The fourth-order valence-corrected chi connectivity index (χ4v) is 2.77. The molecule has 8 nitrogen and oxygen atoms in total. The van der Waals surface area contributed by atoms with Gasteiger partial charge in [-0.25, -0.2) is 4.68 Å². The van der Waals surface area contributed by atoms with E-state index in [1.165, 1.54) is 17.1 Å². The number of anilines is 1. The van der Waals surface area contributed by atoms with Gasteiger partial charge < -0.3 is 9.73 Å². The Bertz CT molecular complexity index is 1150. The first-order valence-electron chi connectivity index (χ1n) is 7.48. The summed E-state index contributed by atoms with van der Waals surface area (Å²) in [5, 5.41) is 14.0. The SMILES string of the molecule is O=C(Nc1ccc(-n2cnnn2)cc1)c1cc(=O)c2cc(Br)ccc2o1. The quantitative estimate of drug-likeness (QED) is 0.555. The molecule has 0 atom stereocenters. The summed E-state index contributed by atoms with van der Waals surface area (Å²) in [5.74, 6) is -0.573. The predicted octanol–water partition coefficient (Wildman–Crippen LogP) is 2.78. The largest absolute Gasteiger partial charge is 0.451 e. The van der Waals surface area contributed by atoms with Crippen LogP contribution in [0.1, 0.15) is 10.6 Å². The number of carbonyl (C=O) groups is 1. The summed E-state index contributed by atoms with van der Waals surface area (Å²) in [6.45, 7) is 0. The molecule has 0 saturated carbocycles. The van der Waals surface area contributed by atoms with E-state index < -0.39 is 5.91 Å². The Morgan fingerprint density at radius 3 is 2.65 bits per heavy atom. The Hall–Kier alpha value is -3.33. The Balaban J connectivity index is 1.59. The lowest BCUT2D eigenvalue weighted by molar-refractivity contribution is 0.0997. The van der Waals surface area contributed by atoms with Crippen LogP contribution in [0.25, 0.3) is 16.7 Å². The molecule has 0 aliphatic carbocycles. The second-order valence-corrected chi connectivity index (χ2v) is 6.29. The van der Waals surface area contributed by atoms with E-state index in [1.54, 1.807) is 42.5 Å². The van der Waals surface area contributed by atoms with Crippen molar-refractivity contribution >= 4 is 38.5 Å². The first kappa shape index (κ1) is 16.2. The fourth-order valence-electron chi connectivity index (χ4n) is 2.41. The van der Waals surface area contributed by atoms with Crippen molar-refractivity contribution in [2.75, 3.05) is 5.32 Å². The lowest BCUT2D eigenvalue weighted by atomic mass is 10.2. The lowest BCUT2D eigenvalue weighted by Crippen LogP contribution is -2.15. The van der Waals surface area contributed by atoms with E-state index >= 15 is 0 Å². The van der Waals surface area contributed by atoms with Crippen molar-refractivity contribution in [2.45, 2.75) is 0 Å². The zero-order valence-electron chi connectivity index (χ0n) is 13.1. The molecule has 4 rings (SSSR count). The van der Waals surface area contributed by atoms with Gasteiger partial charge in [-0.15, -0.1) is 5.10 Å². The minimum atomic E-state index is -0.512. The van der Waals surface area contributed by atoms with E-state index in [4.69, 9.17) is 4.42 Å². The van der Waals surface area contributed by atoms with Gasteiger partial charge in [-0.05, 0) is 52.9 Å². The maximum absolute atomic E-state index is 12.4. The first-order valence-corrected chi connectivity index (χ1v) is 8.28. The van der Waals surface area contributed by atoms with Crippen molar-refractivity contribution in [1.29, 1.82) is 0 Å². The Kier molecular flexibility index (Phi) is 4.05. The molecule has 0 bridgehead atoms. The molecule has 0 fully saturated rings. The van der Waals surface area contributed by atoms with Crippen LogP contribution in [-0.2, 0) is 0 Å². The molecule has 26 heavy (non-hydrogen) atoms. The zero-order valence-corrected chi connectivity index (χ0v) is 14.7. The Morgan fingerprint density at radius 2 is 1.92 bits per heavy atom. The lowest BCUT2D eigenvalue weighted by Gasteiger charge is -2.06. The molecule has 1 amide bonds. The molecule has 0 aliphatic rings. The second kappa shape index (κ2) is 6.52. The van der Waals surface area contributed by atoms with Crippen molar-refractivity contribution in [1.82, 2.24) is 20.2 Å². The average molecular weight is 412 g/mol. The average Bonchev–Trinajstić information content (AvgIpc) is 3.17. The van der Waals surface area contributed by atoms with E-state index in [0.717, 1.165) is 10.2 Å². The highest BCUT2D eigenvalue weighted by Gasteiger charge is 2.13. The molecule has 2 aromatic heterocycles. The van der Waals surface area contributed by atoms with Crippen LogP contribution in [0.5, 0.6) is 0 Å². The summed E-state index contributed by atoms with van der Waals surface area (Å²) in [7, 11) is 0. The van der Waals surface area contributed by atoms with E-state index in [0.29, 0.717) is 16.7 Å². The molecule has 2 heterocycles. The van der Waals surface area contributed by atoms with Gasteiger partial charge in [0.2, 0.25) is 0 Å². The number of hydrogen-bond donors (Lipinski definition) is 1. The van der Waals surface area contributed by atoms with Crippen molar-refractivity contribution in [3.63, 3.8) is 0 Å². The number of rotatable bonds is 3. The minimum absolute atomic E-state index is 0.0608. The van der Waals surface area contributed by atoms with Gasteiger partial charge in [0.15, 0.2) is 11.2 Å². The number of halogens is 1. The fraction of sp³-hybridized carbons (Fsp3) is 0. The molecule has 0 saturated heterocycles. The highest BCUT2D eigenvalue weighted by Crippen LogP contribution is 2.19. The number of tetrazole rings is 1. The summed E-state index contributed by atoms with van der Waals surface area (Å²) in [6, 6.07) is 13.1. The van der Waals surface area contributed by atoms with Crippen LogP contribution in [0.2, 0.25) is 0 Å². The Morgan fingerprint density at radius 1 is 1.12 bits per heavy atom. The third kappa shape index (κ3) is 3.11. The molecule has 9 heteroatoms. The maximum Gasteiger partial charge on any atom is 0.291 e. The summed E-state index contributed by atoms with van der Waals surface area (Å²) in [4.78, 5) is 24.6. The summed E-state index contributed by atoms with van der Waals surface area (Å²) in [6.07, 6.45) is 1.47. The second-order valence-electron chi connectivity index (χ2n) is 5.37. The van der Waals surface area contributed by atoms with Crippen molar-refractivity contribution in [3.05, 3.63) is 75.3 Å². The van der Waals surface area contributed by atoms with Gasteiger partial charge in [0.25, 0.3) is 5.91 Å². The van der Waals surface area contributed by atoms with Crippen LogP contribution < -0.4 is 10.7 Å². The molecule has 4 aromatic rings. The van der Waals surface area contributed by atoms with E-state index in [1.807, 2.05) is 0 Å². The van der Waals surface area contributed by atoms with E-state index in [-0.39, 0.29) is 11.2 Å². The van der Waals surface area contributed by atoms with Gasteiger partial charge in [-0.3, -0.25) is 9.59 Å². The van der Waals surface area contributed by atoms with Crippen molar-refractivity contribution in [2.24, 2.45) is 0 Å². The smallest absolute Gasteiger partial charge is 0.291 e. The molecule has 0 aliphatic heterocycles. The number of hydrogen-bond acceptors (Lipinski definition) is 6. The molecule has 0 radical (unpaired) electrons. The maximum atomic E-state index is 12.4. The number of fused-ring (bicyclic) bond motifs is 1. The molecule has 0 spiro atoms. The number of aromatic nitrogens is 4. The van der Waals surface area contributed by atoms with Crippen LogP contribution in [0.3, 0.4) is 0 Å². The predicted molar refractivity (Wildman–Crippen MR) is 97.3 cm³/mol. The van der Waals surface area contributed by atoms with Gasteiger partial charge in [0.05, 0.1) is 11.1 Å². The monoisotopic (exact) mass is 411 g/mol. The normalized spacial score (nSPS) is 10.8. The van der Waals surface area contributed by atoms with Gasteiger partial charge in [0, 0.05) is 16.2 Å². The number of nitrogens with zero attached hydrogens (tertiary/aromatic N) is 4. The number of carbonyl (C=O) groups excluding carboxylic acids is 1. The summed E-state index contributed by atoms with van der Waals surface area (Å²) in [5.41, 5.74) is 1.35. The van der Waals surface area contributed by atoms with Crippen LogP contribution >= 0.6 is 15.9 Å². The molecular weight excluding hydrogens is 402 g/mol. The van der Waals surface area contributed by atoms with Crippen LogP contribution in [0.4, 0.5) is 5.69 Å². The summed E-state index contributed by atoms with van der Waals surface area (Å²) >= 11 is 3.30. The minimum Gasteiger partial charge on any atom is -0.451 e. The van der Waals surface area contributed by atoms with Gasteiger partial charge in [-0.2, -0.15) is 0 Å². The first-order chi connectivity index (χ1) is 12.6. The van der Waals surface area contributed by atoms with Crippen LogP contribution in [-0.4, -0.2) is 26.1 Å². The highest BCUT2D eigenvalue weighted by atomic mass is 79.9. The number of nitrogens with one attached hydrogen (secondary N) is 1. The van der Waals surface area contributed by atoms with Crippen molar-refractivity contribution in [3.8, 4) is 5.69 Å². The Labute approximate surface area is 154 Å². The van der Waals surface area contributed by atoms with Gasteiger partial charge >= 0.3 is 0 Å². The standard InChI is InChI=1S/C17H10BrN5O3/c18-10-1-6-15-13(7-10)14(24)8-16(26-15)17(25)20-11-2-4-12(5-3-11)23-9-19-21-22-23/h1-9H,(H,20,25). The topological polar surface area (TPSA) is 103 Å². The molecule has 1 N–H and O–H groups in total. The third-order valence-electron chi connectivity index (χ3n) is 3.65. The molecule has 0 unspecified atom stereocenters. The number of benzene rings is 2. The third-order valence-corrected chi connectivity index (χ3v) is 4.14. The zero-order chi connectivity index (χ0) is 18.1. The van der Waals surface area contributed by atoms with Gasteiger partial charge in [0.1, 0.15) is 11.9 Å². The molecular formula is C17H10BrN5O3. The number of amides is 1. The molecule has 2 aromatic carbocycles. The van der Waals surface area contributed by atoms with E-state index in [2.05, 4.69) is 36.8 Å². The van der Waals surface area contributed by atoms with Gasteiger partial charge in [-0.1, -0.05) is 15.9 Å². The highest BCUT2D eigenvalue weighted by molar-refractivity contribution is 9.10. The van der Waals surface area contributed by atoms with E-state index in [9.17, 15) is 9.59 Å². The van der Waals surface area contributed by atoms with Crippen LogP contribution in [0, 0.1) is 0 Å². The van der Waals surface area contributed by atoms with Crippen molar-refractivity contribution < 1.29 is 9.21 Å². The summed E-state index contributed by atoms with van der Waals surface area (Å²) < 4.78 is 7.80. The van der Waals surface area contributed by atoms with Crippen LogP contribution in [0.15, 0.2) is 68.5 Å². The molecule has 128 valence electrons.